The molecule has 9 heteroatoms. The van der Waals surface area contributed by atoms with Crippen LogP contribution in [-0.2, 0) is 16.0 Å². The topological polar surface area (TPSA) is 74.2 Å². The number of pyridine rings is 1. The molecule has 2 aliphatic heterocycles. The molecule has 3 heterocycles. The maximum Gasteiger partial charge on any atom is 0.191 e. The van der Waals surface area contributed by atoms with E-state index in [0.29, 0.717) is 6.54 Å². The molecule has 1 aliphatic carbocycles. The molecule has 8 nitrogen and oxygen atoms in total. The van der Waals surface area contributed by atoms with Crippen LogP contribution < -0.4 is 15.5 Å². The van der Waals surface area contributed by atoms with Crippen LogP contribution in [0.4, 0.5) is 5.82 Å². The number of ether oxygens (including phenoxy) is 2. The van der Waals surface area contributed by atoms with E-state index in [1.54, 1.807) is 0 Å². The van der Waals surface area contributed by atoms with Gasteiger partial charge in [0.25, 0.3) is 0 Å². The summed E-state index contributed by atoms with van der Waals surface area (Å²) in [5.41, 5.74) is 1.37. The van der Waals surface area contributed by atoms with Gasteiger partial charge in [0.05, 0.1) is 25.9 Å². The van der Waals surface area contributed by atoms with Crippen LogP contribution >= 0.6 is 24.0 Å². The Morgan fingerprint density at radius 2 is 1.91 bits per heavy atom. The highest BCUT2D eigenvalue weighted by atomic mass is 127. The lowest BCUT2D eigenvalue weighted by Crippen LogP contribution is -2.60. The van der Waals surface area contributed by atoms with E-state index in [-0.39, 0.29) is 35.6 Å². The van der Waals surface area contributed by atoms with Gasteiger partial charge in [0.1, 0.15) is 5.82 Å². The molecule has 186 valence electrons. The van der Waals surface area contributed by atoms with Crippen molar-refractivity contribution in [1.82, 2.24) is 20.5 Å². The number of hydrogen-bond donors (Lipinski definition) is 2. The summed E-state index contributed by atoms with van der Waals surface area (Å²) in [6.07, 6.45) is 8.70. The number of hydrogen-bond acceptors (Lipinski definition) is 6. The molecule has 0 bridgehead atoms. The lowest BCUT2D eigenvalue weighted by Gasteiger charge is -2.48. The molecule has 0 spiro atoms. The Labute approximate surface area is 215 Å². The molecule has 0 aromatic carbocycles. The first-order valence-corrected chi connectivity index (χ1v) is 12.3. The molecule has 1 unspecified atom stereocenters. The number of nitrogens with zero attached hydrogens (tertiary/aromatic N) is 4. The van der Waals surface area contributed by atoms with E-state index in [0.717, 1.165) is 69.9 Å². The monoisotopic (exact) mass is 572 g/mol. The van der Waals surface area contributed by atoms with Crippen LogP contribution in [-0.4, -0.2) is 87.1 Å². The van der Waals surface area contributed by atoms with Crippen molar-refractivity contribution in [1.29, 1.82) is 0 Å². The van der Waals surface area contributed by atoms with Crippen molar-refractivity contribution in [3.05, 3.63) is 23.9 Å². The van der Waals surface area contributed by atoms with Gasteiger partial charge in [-0.25, -0.2) is 4.98 Å². The van der Waals surface area contributed by atoms with Crippen LogP contribution in [0.25, 0.3) is 0 Å². The van der Waals surface area contributed by atoms with Crippen molar-refractivity contribution in [2.24, 2.45) is 4.99 Å². The normalized spacial score (nSPS) is 24.1. The molecule has 4 rings (SSSR count). The van der Waals surface area contributed by atoms with E-state index in [9.17, 15) is 0 Å². The predicted octanol–water partition coefficient (Wildman–Crippen LogP) is 2.62. The van der Waals surface area contributed by atoms with Gasteiger partial charge in [-0.1, -0.05) is 25.3 Å². The van der Waals surface area contributed by atoms with Crippen molar-refractivity contribution in [3.63, 3.8) is 0 Å². The summed E-state index contributed by atoms with van der Waals surface area (Å²) in [5, 5.41) is 7.10. The number of rotatable bonds is 6. The Bertz CT molecular complexity index is 735. The van der Waals surface area contributed by atoms with Crippen LogP contribution in [0.5, 0.6) is 0 Å². The molecular formula is C24H41IN6O2. The second-order valence-electron chi connectivity index (χ2n) is 9.32. The highest BCUT2D eigenvalue weighted by Gasteiger charge is 2.38. The average molecular weight is 573 g/mol. The van der Waals surface area contributed by atoms with Crippen LogP contribution in [0.3, 0.4) is 0 Å². The quantitative estimate of drug-likeness (QED) is 0.309. The van der Waals surface area contributed by atoms with E-state index < -0.39 is 0 Å². The van der Waals surface area contributed by atoms with E-state index in [2.05, 4.69) is 49.5 Å². The average Bonchev–Trinajstić information content (AvgIpc) is 2.85. The largest absolute Gasteiger partial charge is 0.379 e. The van der Waals surface area contributed by atoms with E-state index in [1.165, 1.54) is 32.1 Å². The molecule has 1 aromatic rings. The minimum Gasteiger partial charge on any atom is -0.379 e. The molecular weight excluding hydrogens is 531 g/mol. The van der Waals surface area contributed by atoms with Gasteiger partial charge in [-0.15, -0.1) is 24.0 Å². The first-order valence-electron chi connectivity index (χ1n) is 12.3. The van der Waals surface area contributed by atoms with E-state index in [1.807, 2.05) is 13.2 Å². The summed E-state index contributed by atoms with van der Waals surface area (Å²) in [4.78, 5) is 14.1. The standard InChI is InChI=1S/C24H40N6O2.HI/c1-20-18-29(10-15-32-20)22-7-6-21(16-26-22)17-27-23(25-2)28-19-24(8-4-3-5-9-24)30-11-13-31-14-12-30;/h6-7,16,20H,3-5,8-15,17-19H2,1-2H3,(H2,25,27,28);1H. The number of halogens is 1. The zero-order valence-electron chi connectivity index (χ0n) is 20.2. The van der Waals surface area contributed by atoms with Crippen molar-refractivity contribution < 1.29 is 9.47 Å². The Morgan fingerprint density at radius 3 is 2.58 bits per heavy atom. The van der Waals surface area contributed by atoms with Crippen LogP contribution in [0.2, 0.25) is 0 Å². The number of aromatic nitrogens is 1. The molecule has 33 heavy (non-hydrogen) atoms. The van der Waals surface area contributed by atoms with Crippen LogP contribution in [0.1, 0.15) is 44.6 Å². The molecule has 2 N–H and O–H groups in total. The van der Waals surface area contributed by atoms with Crippen molar-refractivity contribution >= 4 is 35.8 Å². The molecule has 1 atom stereocenters. The Hall–Kier alpha value is -1.17. The molecule has 3 aliphatic rings. The Morgan fingerprint density at radius 1 is 1.12 bits per heavy atom. The summed E-state index contributed by atoms with van der Waals surface area (Å²) in [5.74, 6) is 1.88. The van der Waals surface area contributed by atoms with E-state index >= 15 is 0 Å². The highest BCUT2D eigenvalue weighted by molar-refractivity contribution is 14.0. The van der Waals surface area contributed by atoms with Gasteiger partial charge in [-0.2, -0.15) is 0 Å². The van der Waals surface area contributed by atoms with Gasteiger partial charge < -0.3 is 25.0 Å². The summed E-state index contributed by atoms with van der Waals surface area (Å²) in [6.45, 7) is 10.1. The van der Waals surface area contributed by atoms with Gasteiger partial charge in [0, 0.05) is 58.1 Å². The number of guanidine groups is 1. The first kappa shape index (κ1) is 26.4. The number of aliphatic imine (C=N–C) groups is 1. The highest BCUT2D eigenvalue weighted by Crippen LogP contribution is 2.33. The minimum absolute atomic E-state index is 0. The van der Waals surface area contributed by atoms with Crippen LogP contribution in [0, 0.1) is 0 Å². The van der Waals surface area contributed by atoms with Gasteiger partial charge in [-0.3, -0.25) is 9.89 Å². The van der Waals surface area contributed by atoms with Crippen molar-refractivity contribution in [2.45, 2.75) is 57.2 Å². The van der Waals surface area contributed by atoms with E-state index in [4.69, 9.17) is 9.47 Å². The maximum atomic E-state index is 5.63. The second kappa shape index (κ2) is 13.1. The number of morpholine rings is 2. The third-order valence-electron chi connectivity index (χ3n) is 7.11. The fourth-order valence-corrected chi connectivity index (χ4v) is 5.24. The zero-order valence-corrected chi connectivity index (χ0v) is 22.6. The third-order valence-corrected chi connectivity index (χ3v) is 7.11. The third kappa shape index (κ3) is 7.16. The Balaban J connectivity index is 0.00000306. The summed E-state index contributed by atoms with van der Waals surface area (Å²) in [6, 6.07) is 4.26. The minimum atomic E-state index is 0. The lowest BCUT2D eigenvalue weighted by atomic mass is 9.80. The molecule has 1 saturated carbocycles. The fraction of sp³-hybridized carbons (Fsp3) is 0.750. The second-order valence-corrected chi connectivity index (χ2v) is 9.32. The van der Waals surface area contributed by atoms with Gasteiger partial charge >= 0.3 is 0 Å². The molecule has 3 fully saturated rings. The lowest BCUT2D eigenvalue weighted by molar-refractivity contribution is -0.0352. The molecule has 1 aromatic heterocycles. The van der Waals surface area contributed by atoms with Gasteiger partial charge in [-0.05, 0) is 31.4 Å². The molecule has 0 amide bonds. The maximum absolute atomic E-state index is 5.63. The predicted molar refractivity (Wildman–Crippen MR) is 144 cm³/mol. The molecule has 2 saturated heterocycles. The van der Waals surface area contributed by atoms with Crippen LogP contribution in [0.15, 0.2) is 23.3 Å². The summed E-state index contributed by atoms with van der Waals surface area (Å²) >= 11 is 0. The fourth-order valence-electron chi connectivity index (χ4n) is 5.24. The summed E-state index contributed by atoms with van der Waals surface area (Å²) < 4.78 is 11.2. The molecule has 0 radical (unpaired) electrons. The summed E-state index contributed by atoms with van der Waals surface area (Å²) in [7, 11) is 1.85. The smallest absolute Gasteiger partial charge is 0.191 e. The van der Waals surface area contributed by atoms with Gasteiger partial charge in [0.2, 0.25) is 0 Å². The van der Waals surface area contributed by atoms with Crippen molar-refractivity contribution in [3.8, 4) is 0 Å². The number of nitrogens with one attached hydrogen (secondary N) is 2. The van der Waals surface area contributed by atoms with Crippen molar-refractivity contribution in [2.75, 3.05) is 64.5 Å². The van der Waals surface area contributed by atoms with Gasteiger partial charge in [0.15, 0.2) is 5.96 Å². The SMILES string of the molecule is CN=C(NCc1ccc(N2CCOC(C)C2)nc1)NCC1(N2CCOCC2)CCCCC1.I. The number of anilines is 1. The Kier molecular flexibility index (Phi) is 10.5. The zero-order chi connectivity index (χ0) is 22.2. The first-order chi connectivity index (χ1) is 15.7.